The first-order valence-electron chi connectivity index (χ1n) is 4.62. The zero-order valence-electron chi connectivity index (χ0n) is 8.49. The van der Waals surface area contributed by atoms with Crippen LogP contribution in [-0.4, -0.2) is 26.7 Å². The van der Waals surface area contributed by atoms with Crippen molar-refractivity contribution < 1.29 is 5.11 Å². The predicted octanol–water partition coefficient (Wildman–Crippen LogP) is 0.958. The minimum atomic E-state index is 0.0146. The quantitative estimate of drug-likeness (QED) is 0.756. The number of hydrogen-bond acceptors (Lipinski definition) is 3. The molecule has 4 heteroatoms. The van der Waals surface area contributed by atoms with E-state index in [0.717, 1.165) is 12.1 Å². The molecule has 0 aromatic carbocycles. The molecule has 0 saturated carbocycles. The van der Waals surface area contributed by atoms with Gasteiger partial charge in [0.25, 0.3) is 0 Å². The van der Waals surface area contributed by atoms with Crippen LogP contribution >= 0.6 is 0 Å². The predicted molar refractivity (Wildman–Crippen MR) is 50.4 cm³/mol. The third kappa shape index (κ3) is 2.28. The minimum Gasteiger partial charge on any atom is -0.396 e. The van der Waals surface area contributed by atoms with E-state index in [-0.39, 0.29) is 12.1 Å². The van der Waals surface area contributed by atoms with Gasteiger partial charge >= 0.3 is 0 Å². The third-order valence-electron chi connectivity index (χ3n) is 2.39. The van der Waals surface area contributed by atoms with Crippen molar-refractivity contribution in [3.05, 3.63) is 11.9 Å². The summed E-state index contributed by atoms with van der Waals surface area (Å²) < 4.78 is 1.86. The van der Waals surface area contributed by atoms with Crippen molar-refractivity contribution in [1.82, 2.24) is 15.0 Å². The molecule has 74 valence electrons. The average molecular weight is 183 g/mol. The molecule has 0 bridgehead atoms. The van der Waals surface area contributed by atoms with E-state index < -0.39 is 0 Å². The van der Waals surface area contributed by atoms with Gasteiger partial charge in [-0.1, -0.05) is 12.1 Å². The molecule has 1 rings (SSSR count). The van der Waals surface area contributed by atoms with Crippen molar-refractivity contribution in [2.75, 3.05) is 6.61 Å². The Morgan fingerprint density at radius 1 is 1.54 bits per heavy atom. The standard InChI is InChI=1S/C9H17N3O/c1-4-9(2,3)12-7-8(5-6-13)10-11-12/h7,13H,4-6H2,1-3H3. The van der Waals surface area contributed by atoms with E-state index in [1.54, 1.807) is 0 Å². The van der Waals surface area contributed by atoms with Crippen LogP contribution < -0.4 is 0 Å². The molecule has 1 aromatic rings. The number of nitrogens with zero attached hydrogens (tertiary/aromatic N) is 3. The lowest BCUT2D eigenvalue weighted by atomic mass is 10.0. The van der Waals surface area contributed by atoms with Crippen LogP contribution in [0.4, 0.5) is 0 Å². The molecule has 1 N–H and O–H groups in total. The van der Waals surface area contributed by atoms with Crippen molar-refractivity contribution >= 4 is 0 Å². The summed E-state index contributed by atoms with van der Waals surface area (Å²) in [6.07, 6.45) is 3.49. The van der Waals surface area contributed by atoms with Crippen LogP contribution in [0.15, 0.2) is 6.20 Å². The molecule has 0 aliphatic rings. The Balaban J connectivity index is 2.79. The summed E-state index contributed by atoms with van der Waals surface area (Å²) in [5, 5.41) is 16.7. The molecule has 0 radical (unpaired) electrons. The maximum atomic E-state index is 8.71. The molecule has 4 nitrogen and oxygen atoms in total. The van der Waals surface area contributed by atoms with Gasteiger partial charge in [0.15, 0.2) is 0 Å². The van der Waals surface area contributed by atoms with Gasteiger partial charge in [-0.3, -0.25) is 0 Å². The van der Waals surface area contributed by atoms with Crippen LogP contribution in [0.25, 0.3) is 0 Å². The van der Waals surface area contributed by atoms with Crippen molar-refractivity contribution in [2.24, 2.45) is 0 Å². The van der Waals surface area contributed by atoms with Crippen LogP contribution in [0.1, 0.15) is 32.9 Å². The summed E-state index contributed by atoms with van der Waals surface area (Å²) in [5.74, 6) is 0. The Kier molecular flexibility index (Phi) is 3.03. The van der Waals surface area contributed by atoms with Crippen molar-refractivity contribution in [3.8, 4) is 0 Å². The Labute approximate surface area is 78.6 Å². The highest BCUT2D eigenvalue weighted by Crippen LogP contribution is 2.17. The second-order valence-electron chi connectivity index (χ2n) is 3.79. The molecule has 0 spiro atoms. The molecular weight excluding hydrogens is 166 g/mol. The van der Waals surface area contributed by atoms with Crippen LogP contribution in [-0.2, 0) is 12.0 Å². The summed E-state index contributed by atoms with van der Waals surface area (Å²) in [4.78, 5) is 0. The summed E-state index contributed by atoms with van der Waals surface area (Å²) in [5.41, 5.74) is 0.866. The first-order chi connectivity index (χ1) is 6.10. The second kappa shape index (κ2) is 3.87. The fraction of sp³-hybridized carbons (Fsp3) is 0.778. The van der Waals surface area contributed by atoms with Gasteiger partial charge < -0.3 is 5.11 Å². The smallest absolute Gasteiger partial charge is 0.0850 e. The van der Waals surface area contributed by atoms with E-state index in [1.165, 1.54) is 0 Å². The summed E-state index contributed by atoms with van der Waals surface area (Å²) in [6.45, 7) is 6.48. The molecule has 0 saturated heterocycles. The average Bonchev–Trinajstić information content (AvgIpc) is 2.54. The highest BCUT2D eigenvalue weighted by Gasteiger charge is 2.18. The molecule has 1 aromatic heterocycles. The summed E-state index contributed by atoms with van der Waals surface area (Å²) >= 11 is 0. The maximum Gasteiger partial charge on any atom is 0.0850 e. The normalized spacial score (nSPS) is 12.0. The first kappa shape index (κ1) is 10.2. The van der Waals surface area contributed by atoms with E-state index in [0.29, 0.717) is 6.42 Å². The number of aliphatic hydroxyl groups excluding tert-OH is 1. The van der Waals surface area contributed by atoms with Gasteiger partial charge in [0.2, 0.25) is 0 Å². The SMILES string of the molecule is CCC(C)(C)n1cc(CCO)nn1. The molecule has 0 amide bonds. The van der Waals surface area contributed by atoms with Gasteiger partial charge in [-0.2, -0.15) is 0 Å². The molecule has 0 atom stereocenters. The largest absolute Gasteiger partial charge is 0.396 e. The lowest BCUT2D eigenvalue weighted by Gasteiger charge is -2.22. The van der Waals surface area contributed by atoms with E-state index >= 15 is 0 Å². The fourth-order valence-corrected chi connectivity index (χ4v) is 0.985. The van der Waals surface area contributed by atoms with Crippen LogP contribution in [0.2, 0.25) is 0 Å². The second-order valence-corrected chi connectivity index (χ2v) is 3.79. The van der Waals surface area contributed by atoms with E-state index in [9.17, 15) is 0 Å². The van der Waals surface area contributed by atoms with Crippen molar-refractivity contribution in [2.45, 2.75) is 39.2 Å². The molecule has 0 aliphatic heterocycles. The van der Waals surface area contributed by atoms with Gasteiger partial charge in [-0.25, -0.2) is 4.68 Å². The molecule has 0 fully saturated rings. The zero-order chi connectivity index (χ0) is 9.90. The number of aromatic nitrogens is 3. The van der Waals surface area contributed by atoms with Gasteiger partial charge in [-0.15, -0.1) is 5.10 Å². The number of aliphatic hydroxyl groups is 1. The Hall–Kier alpha value is -0.900. The summed E-state index contributed by atoms with van der Waals surface area (Å²) in [7, 11) is 0. The van der Waals surface area contributed by atoms with Gasteiger partial charge in [-0.05, 0) is 20.3 Å². The number of rotatable bonds is 4. The van der Waals surface area contributed by atoms with Crippen molar-refractivity contribution in [1.29, 1.82) is 0 Å². The molecular formula is C9H17N3O. The third-order valence-corrected chi connectivity index (χ3v) is 2.39. The monoisotopic (exact) mass is 183 g/mol. The molecule has 0 aliphatic carbocycles. The van der Waals surface area contributed by atoms with Gasteiger partial charge in [0.05, 0.1) is 11.2 Å². The van der Waals surface area contributed by atoms with Crippen LogP contribution in [0.3, 0.4) is 0 Å². The molecule has 13 heavy (non-hydrogen) atoms. The fourth-order valence-electron chi connectivity index (χ4n) is 0.985. The zero-order valence-corrected chi connectivity index (χ0v) is 8.49. The minimum absolute atomic E-state index is 0.0146. The topological polar surface area (TPSA) is 50.9 Å². The summed E-state index contributed by atoms with van der Waals surface area (Å²) in [6, 6.07) is 0. The van der Waals surface area contributed by atoms with Crippen molar-refractivity contribution in [3.63, 3.8) is 0 Å². The van der Waals surface area contributed by atoms with Crippen LogP contribution in [0.5, 0.6) is 0 Å². The molecule has 0 unspecified atom stereocenters. The lowest BCUT2D eigenvalue weighted by molar-refractivity contribution is 0.297. The number of hydrogen-bond donors (Lipinski definition) is 1. The van der Waals surface area contributed by atoms with Crippen LogP contribution in [0, 0.1) is 0 Å². The lowest BCUT2D eigenvalue weighted by Crippen LogP contribution is -2.25. The highest BCUT2D eigenvalue weighted by molar-refractivity contribution is 4.94. The van der Waals surface area contributed by atoms with E-state index in [2.05, 4.69) is 31.1 Å². The van der Waals surface area contributed by atoms with E-state index in [4.69, 9.17) is 5.11 Å². The Bertz CT molecular complexity index is 268. The maximum absolute atomic E-state index is 8.71. The van der Waals surface area contributed by atoms with Gasteiger partial charge in [0, 0.05) is 19.2 Å². The highest BCUT2D eigenvalue weighted by atomic mass is 16.3. The first-order valence-corrected chi connectivity index (χ1v) is 4.62. The van der Waals surface area contributed by atoms with E-state index in [1.807, 2.05) is 10.9 Å². The molecule has 1 heterocycles. The Morgan fingerprint density at radius 2 is 2.23 bits per heavy atom. The van der Waals surface area contributed by atoms with Gasteiger partial charge in [0.1, 0.15) is 0 Å². The Morgan fingerprint density at radius 3 is 2.77 bits per heavy atom.